The van der Waals surface area contributed by atoms with Gasteiger partial charge in [-0.25, -0.2) is 0 Å². The maximum absolute atomic E-state index is 7.28. The first-order chi connectivity index (χ1) is 6.60. The summed E-state index contributed by atoms with van der Waals surface area (Å²) in [6.07, 6.45) is 0. The van der Waals surface area contributed by atoms with Crippen molar-refractivity contribution in [2.75, 3.05) is 20.0 Å². The first-order valence-electron chi connectivity index (χ1n) is 3.96. The number of benzene rings is 1. The zero-order valence-corrected chi connectivity index (χ0v) is 8.13. The lowest BCUT2D eigenvalue weighted by atomic mass is 10.1. The molecule has 0 aliphatic carbocycles. The lowest BCUT2D eigenvalue weighted by Crippen LogP contribution is -2.13. The Morgan fingerprint density at radius 3 is 2.14 bits per heavy atom. The number of rotatable bonds is 3. The highest BCUT2D eigenvalue weighted by Gasteiger charge is 2.10. The molecule has 1 rings (SSSR count). The number of nitrogens with one attached hydrogen (secondary N) is 1. The van der Waals surface area contributed by atoms with E-state index in [2.05, 4.69) is 0 Å². The molecular formula is C9H13N3O2. The molecular weight excluding hydrogens is 182 g/mol. The first kappa shape index (κ1) is 10.2. The van der Waals surface area contributed by atoms with Crippen LogP contribution >= 0.6 is 0 Å². The lowest BCUT2D eigenvalue weighted by molar-refractivity contribution is 0.355. The Kier molecular flexibility index (Phi) is 2.81. The normalized spacial score (nSPS) is 9.57. The third-order valence-corrected chi connectivity index (χ3v) is 1.85. The van der Waals surface area contributed by atoms with Crippen molar-refractivity contribution in [3.63, 3.8) is 0 Å². The van der Waals surface area contributed by atoms with Crippen molar-refractivity contribution in [3.05, 3.63) is 17.7 Å². The molecule has 0 saturated heterocycles. The van der Waals surface area contributed by atoms with Gasteiger partial charge in [-0.2, -0.15) is 0 Å². The minimum absolute atomic E-state index is 0.0940. The Balaban J connectivity index is 3.30. The van der Waals surface area contributed by atoms with Crippen molar-refractivity contribution in [1.82, 2.24) is 0 Å². The topological polar surface area (TPSA) is 94.4 Å². The maximum Gasteiger partial charge on any atom is 0.162 e. The quantitative estimate of drug-likeness (QED) is 0.373. The fourth-order valence-corrected chi connectivity index (χ4v) is 1.13. The van der Waals surface area contributed by atoms with E-state index < -0.39 is 0 Å². The summed E-state index contributed by atoms with van der Waals surface area (Å²) < 4.78 is 10.1. The Morgan fingerprint density at radius 2 is 1.71 bits per heavy atom. The van der Waals surface area contributed by atoms with Crippen LogP contribution in [0.15, 0.2) is 12.1 Å². The number of nitrogen functional groups attached to an aromatic ring is 2. The SMILES string of the molecule is COc1cc(N)c(C(=N)N)cc1OC. The van der Waals surface area contributed by atoms with Crippen molar-refractivity contribution in [2.24, 2.45) is 5.73 Å². The highest BCUT2D eigenvalue weighted by Crippen LogP contribution is 2.31. The van der Waals surface area contributed by atoms with Gasteiger partial charge in [0.1, 0.15) is 5.84 Å². The molecule has 0 saturated carbocycles. The maximum atomic E-state index is 7.28. The third-order valence-electron chi connectivity index (χ3n) is 1.85. The largest absolute Gasteiger partial charge is 0.493 e. The van der Waals surface area contributed by atoms with E-state index in [0.717, 1.165) is 0 Å². The summed E-state index contributed by atoms with van der Waals surface area (Å²) in [6.45, 7) is 0. The van der Waals surface area contributed by atoms with Crippen molar-refractivity contribution in [3.8, 4) is 11.5 Å². The van der Waals surface area contributed by atoms with Crippen LogP contribution in [0, 0.1) is 5.41 Å². The second-order valence-corrected chi connectivity index (χ2v) is 2.71. The van der Waals surface area contributed by atoms with Gasteiger partial charge in [-0.3, -0.25) is 5.41 Å². The van der Waals surface area contributed by atoms with Crippen LogP contribution < -0.4 is 20.9 Å². The molecule has 0 atom stereocenters. The number of anilines is 1. The van der Waals surface area contributed by atoms with Crippen LogP contribution in [0.25, 0.3) is 0 Å². The Labute approximate surface area is 82.1 Å². The fraction of sp³-hybridized carbons (Fsp3) is 0.222. The Bertz CT molecular complexity index is 363. The Hall–Kier alpha value is -1.91. The van der Waals surface area contributed by atoms with Crippen molar-refractivity contribution < 1.29 is 9.47 Å². The van der Waals surface area contributed by atoms with Crippen LogP contribution in [0.2, 0.25) is 0 Å². The summed E-state index contributed by atoms with van der Waals surface area (Å²) in [5.74, 6) is 0.936. The highest BCUT2D eigenvalue weighted by molar-refractivity contribution is 6.00. The molecule has 0 aliphatic heterocycles. The van der Waals surface area contributed by atoms with Gasteiger partial charge in [-0.1, -0.05) is 0 Å². The van der Waals surface area contributed by atoms with Crippen LogP contribution in [-0.4, -0.2) is 20.1 Å². The first-order valence-corrected chi connectivity index (χ1v) is 3.96. The predicted octanol–water partition coefficient (Wildman–Crippen LogP) is 0.570. The minimum atomic E-state index is -0.0940. The molecule has 0 radical (unpaired) electrons. The summed E-state index contributed by atoms with van der Waals surface area (Å²) in [7, 11) is 3.03. The van der Waals surface area contributed by atoms with Gasteiger partial charge < -0.3 is 20.9 Å². The molecule has 5 heteroatoms. The number of hydrogen-bond acceptors (Lipinski definition) is 4. The van der Waals surface area contributed by atoms with Gasteiger partial charge in [0, 0.05) is 17.3 Å². The molecule has 0 heterocycles. The van der Waals surface area contributed by atoms with Crippen LogP contribution in [0.1, 0.15) is 5.56 Å². The summed E-state index contributed by atoms with van der Waals surface area (Å²) >= 11 is 0. The molecule has 5 nitrogen and oxygen atoms in total. The van der Waals surface area contributed by atoms with Gasteiger partial charge in [0.2, 0.25) is 0 Å². The number of ether oxygens (including phenoxy) is 2. The molecule has 76 valence electrons. The number of amidine groups is 1. The zero-order valence-electron chi connectivity index (χ0n) is 8.13. The van der Waals surface area contributed by atoms with Crippen molar-refractivity contribution >= 4 is 11.5 Å². The zero-order chi connectivity index (χ0) is 10.7. The predicted molar refractivity (Wildman–Crippen MR) is 55.0 cm³/mol. The molecule has 1 aromatic carbocycles. The van der Waals surface area contributed by atoms with E-state index in [4.69, 9.17) is 26.4 Å². The van der Waals surface area contributed by atoms with E-state index in [9.17, 15) is 0 Å². The molecule has 0 bridgehead atoms. The molecule has 1 aromatic rings. The van der Waals surface area contributed by atoms with E-state index in [1.807, 2.05) is 0 Å². The summed E-state index contributed by atoms with van der Waals surface area (Å²) in [6, 6.07) is 3.16. The smallest absolute Gasteiger partial charge is 0.162 e. The van der Waals surface area contributed by atoms with Gasteiger partial charge in [-0.05, 0) is 6.07 Å². The van der Waals surface area contributed by atoms with Gasteiger partial charge in [-0.15, -0.1) is 0 Å². The molecule has 0 aromatic heterocycles. The molecule has 0 spiro atoms. The molecule has 5 N–H and O–H groups in total. The van der Waals surface area contributed by atoms with Gasteiger partial charge in [0.15, 0.2) is 11.5 Å². The van der Waals surface area contributed by atoms with Gasteiger partial charge in [0.25, 0.3) is 0 Å². The number of nitrogens with two attached hydrogens (primary N) is 2. The highest BCUT2D eigenvalue weighted by atomic mass is 16.5. The third kappa shape index (κ3) is 1.71. The van der Waals surface area contributed by atoms with Gasteiger partial charge in [0.05, 0.1) is 14.2 Å². The monoisotopic (exact) mass is 195 g/mol. The van der Waals surface area contributed by atoms with E-state index in [1.54, 1.807) is 12.1 Å². The van der Waals surface area contributed by atoms with Crippen LogP contribution in [0.4, 0.5) is 5.69 Å². The molecule has 14 heavy (non-hydrogen) atoms. The average Bonchev–Trinajstić information content (AvgIpc) is 2.16. The molecule has 0 unspecified atom stereocenters. The number of hydrogen-bond donors (Lipinski definition) is 3. The lowest BCUT2D eigenvalue weighted by Gasteiger charge is -2.11. The number of methoxy groups -OCH3 is 2. The van der Waals surface area contributed by atoms with Crippen molar-refractivity contribution in [2.45, 2.75) is 0 Å². The summed E-state index contributed by atoms with van der Waals surface area (Å²) in [5, 5.41) is 7.28. The van der Waals surface area contributed by atoms with Crippen LogP contribution in [-0.2, 0) is 0 Å². The summed E-state index contributed by atoms with van der Waals surface area (Å²) in [4.78, 5) is 0. The second kappa shape index (κ2) is 3.87. The molecule has 0 amide bonds. The average molecular weight is 195 g/mol. The van der Waals surface area contributed by atoms with Crippen LogP contribution in [0.3, 0.4) is 0 Å². The summed E-state index contributed by atoms with van der Waals surface area (Å²) in [5.41, 5.74) is 11.8. The van der Waals surface area contributed by atoms with Crippen molar-refractivity contribution in [1.29, 1.82) is 5.41 Å². The van der Waals surface area contributed by atoms with E-state index in [0.29, 0.717) is 22.7 Å². The van der Waals surface area contributed by atoms with E-state index in [1.165, 1.54) is 14.2 Å². The Morgan fingerprint density at radius 1 is 1.21 bits per heavy atom. The van der Waals surface area contributed by atoms with E-state index >= 15 is 0 Å². The van der Waals surface area contributed by atoms with Gasteiger partial charge >= 0.3 is 0 Å². The fourth-order valence-electron chi connectivity index (χ4n) is 1.13. The molecule has 0 aliphatic rings. The van der Waals surface area contributed by atoms with Crippen LogP contribution in [0.5, 0.6) is 11.5 Å². The van der Waals surface area contributed by atoms with E-state index in [-0.39, 0.29) is 5.84 Å². The standard InChI is InChI=1S/C9H13N3O2/c1-13-7-3-5(9(11)12)6(10)4-8(7)14-2/h3-4H,10H2,1-2H3,(H3,11,12). The minimum Gasteiger partial charge on any atom is -0.493 e. The molecule has 0 fully saturated rings. The second-order valence-electron chi connectivity index (χ2n) is 2.71.